The van der Waals surface area contributed by atoms with Gasteiger partial charge in [-0.05, 0) is 24.3 Å². The summed E-state index contributed by atoms with van der Waals surface area (Å²) >= 11 is 0. The number of benzene rings is 1. The molecule has 4 heterocycles. The molecule has 26 heavy (non-hydrogen) atoms. The Balaban J connectivity index is 1.77. The van der Waals surface area contributed by atoms with Crippen LogP contribution in [-0.2, 0) is 14.5 Å². The van der Waals surface area contributed by atoms with Gasteiger partial charge >= 0.3 is 6.09 Å². The van der Waals surface area contributed by atoms with Crippen molar-refractivity contribution >= 4 is 23.9 Å². The van der Waals surface area contributed by atoms with Crippen molar-refractivity contribution in [3.05, 3.63) is 48.0 Å². The molecule has 134 valence electrons. The van der Waals surface area contributed by atoms with E-state index in [0.29, 0.717) is 16.9 Å². The Bertz CT molecular complexity index is 910. The molecule has 0 radical (unpaired) electrons. The summed E-state index contributed by atoms with van der Waals surface area (Å²) in [5.74, 6) is -0.858. The molecule has 1 aromatic carbocycles. The molecular weight excluding hydrogens is 343 g/mol. The molecule has 0 N–H and O–H groups in total. The van der Waals surface area contributed by atoms with E-state index in [-0.39, 0.29) is 19.0 Å². The van der Waals surface area contributed by atoms with Crippen molar-refractivity contribution < 1.29 is 23.7 Å². The van der Waals surface area contributed by atoms with E-state index < -0.39 is 18.0 Å². The molecule has 6 bridgehead atoms. The molecular formula is C17H15FN4O4. The maximum atomic E-state index is 14.6. The number of rotatable bonds is 0. The molecule has 0 saturated carbocycles. The van der Waals surface area contributed by atoms with E-state index in [9.17, 15) is 14.0 Å². The molecule has 0 spiro atoms. The van der Waals surface area contributed by atoms with Gasteiger partial charge < -0.3 is 9.30 Å². The largest absolute Gasteiger partial charge is 0.442 e. The lowest BCUT2D eigenvalue weighted by Crippen LogP contribution is -2.37. The number of fused-ring (bicyclic) bond motifs is 5. The Morgan fingerprint density at radius 1 is 1.31 bits per heavy atom. The summed E-state index contributed by atoms with van der Waals surface area (Å²) in [5, 5.41) is 4.80. The number of anilines is 1. The highest BCUT2D eigenvalue weighted by molar-refractivity contribution is 5.90. The van der Waals surface area contributed by atoms with E-state index >= 15 is 0 Å². The van der Waals surface area contributed by atoms with Crippen molar-refractivity contribution in [1.29, 1.82) is 0 Å². The third-order valence-electron chi connectivity index (χ3n) is 4.18. The second kappa shape index (κ2) is 6.17. The van der Waals surface area contributed by atoms with Crippen molar-refractivity contribution in [3.63, 3.8) is 0 Å². The second-order valence-electron chi connectivity index (χ2n) is 6.00. The number of hydrogen-bond donors (Lipinski definition) is 0. The minimum absolute atomic E-state index is 0.0104. The number of nitrogens with zero attached hydrogens (tertiary/aromatic N) is 4. The molecule has 5 rings (SSSR count). The van der Waals surface area contributed by atoms with E-state index in [1.807, 2.05) is 0 Å². The van der Waals surface area contributed by atoms with Crippen LogP contribution in [0.4, 0.5) is 14.9 Å². The third-order valence-corrected chi connectivity index (χ3v) is 4.18. The summed E-state index contributed by atoms with van der Waals surface area (Å²) in [6.07, 6.45) is 3.53. The molecule has 1 fully saturated rings. The standard InChI is InChI=1S/C17H15FN4O4/c1-11(23)22-10-14-9-21(17(24)25-14)13-2-3-16(15(18)6-13)20-5-4-12(8-20)7-19-26-22/h2-8,14H,9-10H2,1H3/t14-/m0/s1. The predicted molar refractivity (Wildman–Crippen MR) is 89.4 cm³/mol. The Morgan fingerprint density at radius 2 is 2.15 bits per heavy atom. The van der Waals surface area contributed by atoms with Crippen LogP contribution in [0.2, 0.25) is 0 Å². The molecule has 3 aliphatic rings. The van der Waals surface area contributed by atoms with E-state index in [1.165, 1.54) is 24.1 Å². The van der Waals surface area contributed by atoms with E-state index in [2.05, 4.69) is 5.16 Å². The molecule has 2 amide bonds. The molecule has 9 heteroatoms. The Morgan fingerprint density at radius 3 is 2.92 bits per heavy atom. The van der Waals surface area contributed by atoms with Gasteiger partial charge in [-0.3, -0.25) is 14.6 Å². The quantitative estimate of drug-likeness (QED) is 0.722. The Kier molecular flexibility index (Phi) is 3.83. The predicted octanol–water partition coefficient (Wildman–Crippen LogP) is 2.07. The minimum atomic E-state index is -0.617. The molecule has 1 saturated heterocycles. The summed E-state index contributed by atoms with van der Waals surface area (Å²) < 4.78 is 21.4. The summed E-state index contributed by atoms with van der Waals surface area (Å²) in [7, 11) is 0. The maximum Gasteiger partial charge on any atom is 0.414 e. The average molecular weight is 358 g/mol. The number of hydrogen-bond acceptors (Lipinski definition) is 5. The fourth-order valence-corrected chi connectivity index (χ4v) is 2.89. The number of carbonyl (C=O) groups excluding carboxylic acids is 2. The first-order valence-corrected chi connectivity index (χ1v) is 7.96. The molecule has 1 aromatic heterocycles. The van der Waals surface area contributed by atoms with E-state index in [4.69, 9.17) is 9.68 Å². The zero-order valence-corrected chi connectivity index (χ0v) is 13.8. The van der Waals surface area contributed by atoms with Gasteiger partial charge in [-0.15, -0.1) is 5.06 Å². The SMILES string of the molecule is CC(=O)N1C[C@@H]2CN(C(=O)O2)c2ccc(c(F)c2)-n2ccc(c2)C=NO1. The summed E-state index contributed by atoms with van der Waals surface area (Å²) in [5.41, 5.74) is 1.38. The normalized spacial score (nSPS) is 19.0. The van der Waals surface area contributed by atoms with Crippen LogP contribution in [0.25, 0.3) is 5.69 Å². The number of halogens is 1. The van der Waals surface area contributed by atoms with Gasteiger partial charge in [0.25, 0.3) is 5.91 Å². The average Bonchev–Trinajstić information content (AvgIpc) is 3.19. The molecule has 2 aromatic rings. The second-order valence-corrected chi connectivity index (χ2v) is 6.00. The van der Waals surface area contributed by atoms with Crippen LogP contribution >= 0.6 is 0 Å². The minimum Gasteiger partial charge on any atom is -0.442 e. The molecule has 0 aliphatic carbocycles. The monoisotopic (exact) mass is 358 g/mol. The third kappa shape index (κ3) is 2.87. The molecule has 1 atom stereocenters. The van der Waals surface area contributed by atoms with Crippen LogP contribution in [0.1, 0.15) is 12.5 Å². The first-order chi connectivity index (χ1) is 12.5. The van der Waals surface area contributed by atoms with Crippen molar-refractivity contribution in [1.82, 2.24) is 9.63 Å². The number of aromatic nitrogens is 1. The topological polar surface area (TPSA) is 76.4 Å². The molecule has 8 nitrogen and oxygen atoms in total. The van der Waals surface area contributed by atoms with Crippen LogP contribution in [0.15, 0.2) is 41.8 Å². The number of ether oxygens (including phenoxy) is 1. The fourth-order valence-electron chi connectivity index (χ4n) is 2.89. The van der Waals surface area contributed by atoms with Crippen LogP contribution in [0, 0.1) is 5.82 Å². The first-order valence-electron chi connectivity index (χ1n) is 7.96. The number of oxime groups is 1. The molecule has 0 unspecified atom stereocenters. The number of carbonyl (C=O) groups is 2. The van der Waals surface area contributed by atoms with Crippen LogP contribution < -0.4 is 4.90 Å². The van der Waals surface area contributed by atoms with Crippen molar-refractivity contribution in [2.45, 2.75) is 13.0 Å². The zero-order valence-electron chi connectivity index (χ0n) is 13.8. The maximum absolute atomic E-state index is 14.6. The zero-order chi connectivity index (χ0) is 18.3. The summed E-state index contributed by atoms with van der Waals surface area (Å²) in [4.78, 5) is 30.3. The highest BCUT2D eigenvalue weighted by atomic mass is 19.1. The smallest absolute Gasteiger partial charge is 0.414 e. The van der Waals surface area contributed by atoms with E-state index in [1.54, 1.807) is 35.2 Å². The first kappa shape index (κ1) is 16.1. The summed E-state index contributed by atoms with van der Waals surface area (Å²) in [6.45, 7) is 1.50. The number of amides is 2. The van der Waals surface area contributed by atoms with E-state index in [0.717, 1.165) is 5.06 Å². The van der Waals surface area contributed by atoms with Crippen LogP contribution in [0.3, 0.4) is 0 Å². The van der Waals surface area contributed by atoms with Gasteiger partial charge in [-0.1, -0.05) is 5.16 Å². The van der Waals surface area contributed by atoms with Gasteiger partial charge in [-0.2, -0.15) is 0 Å². The van der Waals surface area contributed by atoms with Crippen LogP contribution in [-0.4, -0.2) is 47.0 Å². The number of hydroxylamine groups is 2. The van der Waals surface area contributed by atoms with Gasteiger partial charge in [0.2, 0.25) is 0 Å². The fraction of sp³-hybridized carbons (Fsp3) is 0.235. The molecule has 3 aliphatic heterocycles. The van der Waals surface area contributed by atoms with Gasteiger partial charge in [0.05, 0.1) is 24.1 Å². The van der Waals surface area contributed by atoms with Gasteiger partial charge in [-0.25, -0.2) is 9.18 Å². The lowest BCUT2D eigenvalue weighted by atomic mass is 10.2. The van der Waals surface area contributed by atoms with Crippen molar-refractivity contribution in [3.8, 4) is 5.69 Å². The summed E-state index contributed by atoms with van der Waals surface area (Å²) in [6, 6.07) is 6.24. The van der Waals surface area contributed by atoms with Crippen LogP contribution in [0.5, 0.6) is 0 Å². The highest BCUT2D eigenvalue weighted by Crippen LogP contribution is 2.26. The Labute approximate surface area is 147 Å². The lowest BCUT2D eigenvalue weighted by Gasteiger charge is -2.19. The van der Waals surface area contributed by atoms with Gasteiger partial charge in [0, 0.05) is 24.9 Å². The van der Waals surface area contributed by atoms with Gasteiger partial charge in [0.15, 0.2) is 0 Å². The highest BCUT2D eigenvalue weighted by Gasteiger charge is 2.35. The van der Waals surface area contributed by atoms with Crippen molar-refractivity contribution in [2.75, 3.05) is 18.0 Å². The lowest BCUT2D eigenvalue weighted by molar-refractivity contribution is -0.189. The van der Waals surface area contributed by atoms with Crippen molar-refractivity contribution in [2.24, 2.45) is 5.16 Å². The Hall–Kier alpha value is -3.36. The van der Waals surface area contributed by atoms with Gasteiger partial charge in [0.1, 0.15) is 18.5 Å².